The summed E-state index contributed by atoms with van der Waals surface area (Å²) in [5, 5.41) is 10.8. The minimum atomic E-state index is -0.974. The fourth-order valence-electron chi connectivity index (χ4n) is 3.18. The summed E-state index contributed by atoms with van der Waals surface area (Å²) >= 11 is 0. The highest BCUT2D eigenvalue weighted by molar-refractivity contribution is 6.00. The van der Waals surface area contributed by atoms with Crippen molar-refractivity contribution >= 4 is 17.6 Å². The van der Waals surface area contributed by atoms with Gasteiger partial charge in [0.2, 0.25) is 5.82 Å². The van der Waals surface area contributed by atoms with E-state index >= 15 is 0 Å². The number of hydrogen-bond acceptors (Lipinski definition) is 5. The van der Waals surface area contributed by atoms with Crippen LogP contribution in [0.3, 0.4) is 0 Å². The summed E-state index contributed by atoms with van der Waals surface area (Å²) in [6.45, 7) is 0.375. The maximum atomic E-state index is 13.8. The lowest BCUT2D eigenvalue weighted by atomic mass is 10.2. The van der Waals surface area contributed by atoms with E-state index in [0.29, 0.717) is 18.8 Å². The summed E-state index contributed by atoms with van der Waals surface area (Å²) in [5.74, 6) is -2.37. The van der Waals surface area contributed by atoms with E-state index in [4.69, 9.17) is 0 Å². The van der Waals surface area contributed by atoms with Crippen LogP contribution in [0, 0.1) is 11.6 Å². The van der Waals surface area contributed by atoms with Gasteiger partial charge in [-0.2, -0.15) is 5.10 Å². The Kier molecular flexibility index (Phi) is 4.79. The number of benzene rings is 1. The van der Waals surface area contributed by atoms with E-state index < -0.39 is 23.6 Å². The second-order valence-corrected chi connectivity index (χ2v) is 6.60. The highest BCUT2D eigenvalue weighted by Crippen LogP contribution is 2.19. The smallest absolute Gasteiger partial charge is 0.291 e. The molecule has 1 aromatic carbocycles. The number of carbonyl (C=O) groups is 2. The molecule has 3 aromatic rings. The number of anilines is 1. The van der Waals surface area contributed by atoms with Crippen molar-refractivity contribution in [3.05, 3.63) is 59.8 Å². The van der Waals surface area contributed by atoms with Crippen molar-refractivity contribution in [3.8, 4) is 0 Å². The minimum absolute atomic E-state index is 0.0804. The van der Waals surface area contributed by atoms with Gasteiger partial charge in [0.1, 0.15) is 18.2 Å². The summed E-state index contributed by atoms with van der Waals surface area (Å²) in [5.41, 5.74) is 0.0804. The van der Waals surface area contributed by atoms with Crippen LogP contribution in [-0.2, 0) is 17.9 Å². The first-order chi connectivity index (χ1) is 13.9. The van der Waals surface area contributed by atoms with Gasteiger partial charge in [-0.3, -0.25) is 14.5 Å². The Balaban J connectivity index is 1.45. The summed E-state index contributed by atoms with van der Waals surface area (Å²) in [7, 11) is 1.61. The van der Waals surface area contributed by atoms with E-state index in [1.165, 1.54) is 28.0 Å². The zero-order valence-corrected chi connectivity index (χ0v) is 15.4. The zero-order chi connectivity index (χ0) is 20.5. The molecule has 29 heavy (non-hydrogen) atoms. The SMILES string of the molecule is CN1C(=O)[C@@H](NC(=O)c2ncn(Cc3cccc(F)c3F)n2)CCn2nccc21. The van der Waals surface area contributed by atoms with Gasteiger partial charge in [0, 0.05) is 25.2 Å². The molecule has 0 saturated carbocycles. The van der Waals surface area contributed by atoms with Crippen LogP contribution in [-0.4, -0.2) is 49.4 Å². The monoisotopic (exact) mass is 401 g/mol. The molecule has 0 radical (unpaired) electrons. The third-order valence-corrected chi connectivity index (χ3v) is 4.70. The molecule has 11 heteroatoms. The highest BCUT2D eigenvalue weighted by atomic mass is 19.2. The van der Waals surface area contributed by atoms with Gasteiger partial charge < -0.3 is 5.32 Å². The normalized spacial score (nSPS) is 16.4. The lowest BCUT2D eigenvalue weighted by Crippen LogP contribution is -2.47. The first-order valence-corrected chi connectivity index (χ1v) is 8.86. The summed E-state index contributed by atoms with van der Waals surface area (Å²) in [6.07, 6.45) is 3.21. The fourth-order valence-corrected chi connectivity index (χ4v) is 3.18. The maximum Gasteiger partial charge on any atom is 0.291 e. The van der Waals surface area contributed by atoms with Crippen LogP contribution in [0.15, 0.2) is 36.8 Å². The van der Waals surface area contributed by atoms with Crippen LogP contribution < -0.4 is 10.2 Å². The van der Waals surface area contributed by atoms with Crippen molar-refractivity contribution in [2.45, 2.75) is 25.6 Å². The molecule has 1 atom stereocenters. The van der Waals surface area contributed by atoms with Crippen LogP contribution in [0.5, 0.6) is 0 Å². The van der Waals surface area contributed by atoms with E-state index in [0.717, 1.165) is 6.07 Å². The molecule has 1 N–H and O–H groups in total. The number of amides is 2. The molecule has 9 nitrogen and oxygen atoms in total. The molecule has 150 valence electrons. The average Bonchev–Trinajstić information content (AvgIpc) is 3.35. The molecule has 2 aromatic heterocycles. The molecule has 3 heterocycles. The predicted octanol–water partition coefficient (Wildman–Crippen LogP) is 0.966. The Morgan fingerprint density at radius 3 is 2.97 bits per heavy atom. The molecular weight excluding hydrogens is 384 g/mol. The number of likely N-dealkylation sites (N-methyl/N-ethyl adjacent to an activating group) is 1. The summed E-state index contributed by atoms with van der Waals surface area (Å²) in [4.78, 5) is 30.5. The van der Waals surface area contributed by atoms with Crippen LogP contribution in [0.25, 0.3) is 0 Å². The van der Waals surface area contributed by atoms with Crippen molar-refractivity contribution in [2.24, 2.45) is 0 Å². The first kappa shape index (κ1) is 18.7. The molecule has 0 bridgehead atoms. The molecule has 0 fully saturated rings. The molecule has 4 rings (SSSR count). The number of aromatic nitrogens is 5. The quantitative estimate of drug-likeness (QED) is 0.703. The van der Waals surface area contributed by atoms with Gasteiger partial charge in [0.25, 0.3) is 11.8 Å². The molecular formula is C18H17F2N7O2. The molecule has 0 unspecified atom stereocenters. The standard InChI is InChI=1S/C18H17F2N7O2/c1-25-14-5-7-22-27(14)8-6-13(18(25)29)23-17(28)16-21-10-26(24-16)9-11-3-2-4-12(19)15(11)20/h2-5,7,10,13H,6,8-9H2,1H3,(H,23,28)/t13-/m0/s1. The molecule has 2 amide bonds. The van der Waals surface area contributed by atoms with Gasteiger partial charge >= 0.3 is 0 Å². The van der Waals surface area contributed by atoms with E-state index in [1.807, 2.05) is 0 Å². The topological polar surface area (TPSA) is 97.9 Å². The maximum absolute atomic E-state index is 13.8. The second-order valence-electron chi connectivity index (χ2n) is 6.60. The number of hydrogen-bond donors (Lipinski definition) is 1. The number of nitrogens with one attached hydrogen (secondary N) is 1. The number of fused-ring (bicyclic) bond motifs is 1. The van der Waals surface area contributed by atoms with Gasteiger partial charge in [-0.1, -0.05) is 12.1 Å². The van der Waals surface area contributed by atoms with Gasteiger partial charge in [-0.05, 0) is 12.5 Å². The Bertz CT molecular complexity index is 1080. The molecule has 1 aliphatic rings. The number of nitrogens with zero attached hydrogens (tertiary/aromatic N) is 6. The third-order valence-electron chi connectivity index (χ3n) is 4.70. The lowest BCUT2D eigenvalue weighted by Gasteiger charge is -2.19. The fraction of sp³-hybridized carbons (Fsp3) is 0.278. The third kappa shape index (κ3) is 3.58. The molecule has 0 saturated heterocycles. The van der Waals surface area contributed by atoms with E-state index in [-0.39, 0.29) is 23.8 Å². The van der Waals surface area contributed by atoms with Gasteiger partial charge in [0.15, 0.2) is 11.6 Å². The predicted molar refractivity (Wildman–Crippen MR) is 97.0 cm³/mol. The van der Waals surface area contributed by atoms with E-state index in [2.05, 4.69) is 20.5 Å². The van der Waals surface area contributed by atoms with Crippen molar-refractivity contribution < 1.29 is 18.4 Å². The lowest BCUT2D eigenvalue weighted by molar-refractivity contribution is -0.120. The molecule has 0 spiro atoms. The van der Waals surface area contributed by atoms with Gasteiger partial charge in [0.05, 0.1) is 12.7 Å². The van der Waals surface area contributed by atoms with Gasteiger partial charge in [-0.15, -0.1) is 5.10 Å². The Morgan fingerprint density at radius 2 is 2.14 bits per heavy atom. The number of aryl methyl sites for hydroxylation is 1. The average molecular weight is 401 g/mol. The summed E-state index contributed by atoms with van der Waals surface area (Å²) < 4.78 is 30.0. The van der Waals surface area contributed by atoms with Crippen LogP contribution in [0.1, 0.15) is 22.6 Å². The minimum Gasteiger partial charge on any atom is -0.337 e. The first-order valence-electron chi connectivity index (χ1n) is 8.86. The van der Waals surface area contributed by atoms with Crippen molar-refractivity contribution in [1.82, 2.24) is 29.9 Å². The highest BCUT2D eigenvalue weighted by Gasteiger charge is 2.30. The molecule has 0 aliphatic carbocycles. The largest absolute Gasteiger partial charge is 0.337 e. The molecule has 1 aliphatic heterocycles. The van der Waals surface area contributed by atoms with E-state index in [1.54, 1.807) is 24.0 Å². The van der Waals surface area contributed by atoms with Gasteiger partial charge in [-0.25, -0.2) is 23.1 Å². The zero-order valence-electron chi connectivity index (χ0n) is 15.4. The number of carbonyl (C=O) groups excluding carboxylic acids is 2. The van der Waals surface area contributed by atoms with Crippen molar-refractivity contribution in [2.75, 3.05) is 11.9 Å². The van der Waals surface area contributed by atoms with Crippen molar-refractivity contribution in [3.63, 3.8) is 0 Å². The van der Waals surface area contributed by atoms with Crippen LogP contribution in [0.2, 0.25) is 0 Å². The van der Waals surface area contributed by atoms with Crippen LogP contribution >= 0.6 is 0 Å². The van der Waals surface area contributed by atoms with Crippen LogP contribution in [0.4, 0.5) is 14.6 Å². The second kappa shape index (κ2) is 7.41. The van der Waals surface area contributed by atoms with Crippen molar-refractivity contribution in [1.29, 1.82) is 0 Å². The number of halogens is 2. The Labute approximate surface area is 163 Å². The Hall–Kier alpha value is -3.63. The van der Waals surface area contributed by atoms with E-state index in [9.17, 15) is 18.4 Å². The number of rotatable bonds is 4. The Morgan fingerprint density at radius 1 is 1.31 bits per heavy atom. The summed E-state index contributed by atoms with van der Waals surface area (Å²) in [6, 6.07) is 4.78.